The summed E-state index contributed by atoms with van der Waals surface area (Å²) in [6, 6.07) is 0.305. The average Bonchev–Trinajstić information content (AvgIpc) is 2.28. The van der Waals surface area contributed by atoms with Gasteiger partial charge in [0.25, 0.3) is 0 Å². The molecule has 0 radical (unpaired) electrons. The fourth-order valence-corrected chi connectivity index (χ4v) is 2.15. The standard InChI is InChI=1S/C13H21NO3/c1-3-17-13(16)9-6-11-4-7-12(8-5-11)14-10(2)15/h6,9,11-12H,3-5,7-8H2,1-2H3,(H,14,15)/b9-6+. The maximum atomic E-state index is 11.1. The molecular weight excluding hydrogens is 218 g/mol. The van der Waals surface area contributed by atoms with E-state index in [1.165, 1.54) is 6.08 Å². The second-order valence-electron chi connectivity index (χ2n) is 4.42. The predicted octanol–water partition coefficient (Wildman–Crippen LogP) is 1.80. The number of amides is 1. The number of hydrogen-bond donors (Lipinski definition) is 1. The zero-order valence-electron chi connectivity index (χ0n) is 10.6. The van der Waals surface area contributed by atoms with Crippen LogP contribution in [0.5, 0.6) is 0 Å². The van der Waals surface area contributed by atoms with Gasteiger partial charge < -0.3 is 10.1 Å². The second kappa shape index (κ2) is 7.09. The molecule has 0 heterocycles. The lowest BCUT2D eigenvalue weighted by atomic mass is 9.86. The van der Waals surface area contributed by atoms with E-state index in [0.29, 0.717) is 18.6 Å². The minimum atomic E-state index is -0.267. The summed E-state index contributed by atoms with van der Waals surface area (Å²) in [4.78, 5) is 22.0. The number of rotatable bonds is 4. The molecule has 1 aliphatic carbocycles. The highest BCUT2D eigenvalue weighted by Crippen LogP contribution is 2.25. The molecule has 0 aliphatic heterocycles. The first kappa shape index (κ1) is 13.7. The Hall–Kier alpha value is -1.32. The molecule has 0 spiro atoms. The van der Waals surface area contributed by atoms with Crippen LogP contribution in [0.1, 0.15) is 39.5 Å². The van der Waals surface area contributed by atoms with Crippen molar-refractivity contribution in [1.29, 1.82) is 0 Å². The number of carbonyl (C=O) groups is 2. The molecule has 4 heteroatoms. The Kier molecular flexibility index (Phi) is 5.73. The summed E-state index contributed by atoms with van der Waals surface area (Å²) < 4.78 is 4.82. The highest BCUT2D eigenvalue weighted by molar-refractivity contribution is 5.81. The molecule has 1 saturated carbocycles. The lowest BCUT2D eigenvalue weighted by Gasteiger charge is -2.26. The molecule has 1 aliphatic rings. The van der Waals surface area contributed by atoms with Crippen molar-refractivity contribution in [3.05, 3.63) is 12.2 Å². The molecule has 0 bridgehead atoms. The molecule has 0 atom stereocenters. The number of allylic oxidation sites excluding steroid dienone is 1. The fourth-order valence-electron chi connectivity index (χ4n) is 2.15. The maximum Gasteiger partial charge on any atom is 0.330 e. The minimum Gasteiger partial charge on any atom is -0.463 e. The van der Waals surface area contributed by atoms with Crippen LogP contribution < -0.4 is 5.32 Å². The van der Waals surface area contributed by atoms with Crippen molar-refractivity contribution in [2.75, 3.05) is 6.61 Å². The maximum absolute atomic E-state index is 11.1. The number of ether oxygens (including phenoxy) is 1. The highest BCUT2D eigenvalue weighted by atomic mass is 16.5. The molecule has 96 valence electrons. The van der Waals surface area contributed by atoms with Crippen molar-refractivity contribution < 1.29 is 14.3 Å². The van der Waals surface area contributed by atoms with E-state index >= 15 is 0 Å². The summed E-state index contributed by atoms with van der Waals surface area (Å²) in [7, 11) is 0. The van der Waals surface area contributed by atoms with Crippen LogP contribution in [0.2, 0.25) is 0 Å². The summed E-state index contributed by atoms with van der Waals surface area (Å²) in [5.74, 6) is 0.205. The Labute approximate surface area is 102 Å². The van der Waals surface area contributed by atoms with E-state index in [4.69, 9.17) is 4.74 Å². The molecule has 0 saturated heterocycles. The van der Waals surface area contributed by atoms with E-state index in [9.17, 15) is 9.59 Å². The average molecular weight is 239 g/mol. The predicted molar refractivity (Wildman–Crippen MR) is 65.3 cm³/mol. The Morgan fingerprint density at radius 2 is 1.94 bits per heavy atom. The van der Waals surface area contributed by atoms with Crippen LogP contribution in [-0.2, 0) is 14.3 Å². The van der Waals surface area contributed by atoms with Gasteiger partial charge in [0.15, 0.2) is 0 Å². The number of hydrogen-bond acceptors (Lipinski definition) is 3. The molecule has 1 fully saturated rings. The lowest BCUT2D eigenvalue weighted by molar-refractivity contribution is -0.137. The Bertz CT molecular complexity index is 291. The number of carbonyl (C=O) groups excluding carboxylic acids is 2. The van der Waals surface area contributed by atoms with Crippen molar-refractivity contribution in [3.8, 4) is 0 Å². The van der Waals surface area contributed by atoms with Gasteiger partial charge in [0.1, 0.15) is 0 Å². The van der Waals surface area contributed by atoms with Gasteiger partial charge in [0.05, 0.1) is 6.61 Å². The third-order valence-electron chi connectivity index (χ3n) is 2.97. The normalized spacial score (nSPS) is 24.6. The summed E-state index contributed by atoms with van der Waals surface area (Å²) in [5.41, 5.74) is 0. The van der Waals surface area contributed by atoms with Crippen LogP contribution >= 0.6 is 0 Å². The second-order valence-corrected chi connectivity index (χ2v) is 4.42. The van der Waals surface area contributed by atoms with Gasteiger partial charge in [0.2, 0.25) is 5.91 Å². The van der Waals surface area contributed by atoms with Crippen LogP contribution in [0.15, 0.2) is 12.2 Å². The first-order chi connectivity index (χ1) is 8.11. The lowest BCUT2D eigenvalue weighted by Crippen LogP contribution is -2.35. The molecule has 0 unspecified atom stereocenters. The highest BCUT2D eigenvalue weighted by Gasteiger charge is 2.19. The van der Waals surface area contributed by atoms with E-state index in [-0.39, 0.29) is 11.9 Å². The van der Waals surface area contributed by atoms with Gasteiger partial charge in [-0.2, -0.15) is 0 Å². The van der Waals surface area contributed by atoms with Gasteiger partial charge in [-0.05, 0) is 38.5 Å². The quantitative estimate of drug-likeness (QED) is 0.601. The number of nitrogens with one attached hydrogen (secondary N) is 1. The zero-order valence-corrected chi connectivity index (χ0v) is 10.6. The summed E-state index contributed by atoms with van der Waals surface area (Å²) in [5, 5.41) is 2.93. The minimum absolute atomic E-state index is 0.0375. The zero-order chi connectivity index (χ0) is 12.7. The van der Waals surface area contributed by atoms with E-state index in [1.54, 1.807) is 13.8 Å². The van der Waals surface area contributed by atoms with Gasteiger partial charge in [0, 0.05) is 19.0 Å². The van der Waals surface area contributed by atoms with Crippen molar-refractivity contribution >= 4 is 11.9 Å². The van der Waals surface area contributed by atoms with E-state index in [2.05, 4.69) is 5.32 Å². The Morgan fingerprint density at radius 1 is 1.29 bits per heavy atom. The summed E-state index contributed by atoms with van der Waals surface area (Å²) in [6.45, 7) is 3.76. The summed E-state index contributed by atoms with van der Waals surface area (Å²) >= 11 is 0. The number of esters is 1. The van der Waals surface area contributed by atoms with Crippen molar-refractivity contribution in [2.24, 2.45) is 5.92 Å². The Balaban J connectivity index is 2.27. The molecule has 1 N–H and O–H groups in total. The first-order valence-electron chi connectivity index (χ1n) is 6.24. The third-order valence-corrected chi connectivity index (χ3v) is 2.97. The molecule has 1 amide bonds. The molecule has 0 aromatic carbocycles. The van der Waals surface area contributed by atoms with Crippen LogP contribution in [0.4, 0.5) is 0 Å². The van der Waals surface area contributed by atoms with E-state index < -0.39 is 0 Å². The molecule has 0 aromatic heterocycles. The van der Waals surface area contributed by atoms with Gasteiger partial charge in [-0.3, -0.25) is 4.79 Å². The van der Waals surface area contributed by atoms with Gasteiger partial charge >= 0.3 is 5.97 Å². The monoisotopic (exact) mass is 239 g/mol. The molecule has 17 heavy (non-hydrogen) atoms. The molecule has 4 nitrogen and oxygen atoms in total. The molecule has 0 aromatic rings. The third kappa shape index (κ3) is 5.52. The van der Waals surface area contributed by atoms with Gasteiger partial charge in [-0.1, -0.05) is 6.08 Å². The Morgan fingerprint density at radius 3 is 2.47 bits per heavy atom. The molecular formula is C13H21NO3. The van der Waals surface area contributed by atoms with Crippen molar-refractivity contribution in [1.82, 2.24) is 5.32 Å². The summed E-state index contributed by atoms with van der Waals surface area (Å²) in [6.07, 6.45) is 7.45. The smallest absolute Gasteiger partial charge is 0.330 e. The SMILES string of the molecule is CCOC(=O)/C=C/C1CCC(NC(C)=O)CC1. The van der Waals surface area contributed by atoms with Gasteiger partial charge in [-0.15, -0.1) is 0 Å². The van der Waals surface area contributed by atoms with Crippen molar-refractivity contribution in [3.63, 3.8) is 0 Å². The van der Waals surface area contributed by atoms with Crippen LogP contribution in [0.3, 0.4) is 0 Å². The first-order valence-corrected chi connectivity index (χ1v) is 6.24. The van der Waals surface area contributed by atoms with Gasteiger partial charge in [-0.25, -0.2) is 4.79 Å². The van der Waals surface area contributed by atoms with Crippen LogP contribution in [0, 0.1) is 5.92 Å². The molecule has 1 rings (SSSR count). The van der Waals surface area contributed by atoms with E-state index in [1.807, 2.05) is 6.08 Å². The largest absolute Gasteiger partial charge is 0.463 e. The van der Waals surface area contributed by atoms with Crippen LogP contribution in [-0.4, -0.2) is 24.5 Å². The van der Waals surface area contributed by atoms with E-state index in [0.717, 1.165) is 25.7 Å². The fraction of sp³-hybridized carbons (Fsp3) is 0.692. The topological polar surface area (TPSA) is 55.4 Å². The van der Waals surface area contributed by atoms with Crippen molar-refractivity contribution in [2.45, 2.75) is 45.6 Å². The van der Waals surface area contributed by atoms with Crippen LogP contribution in [0.25, 0.3) is 0 Å².